The lowest BCUT2D eigenvalue weighted by Gasteiger charge is -2.23. The van der Waals surface area contributed by atoms with E-state index in [0.717, 1.165) is 5.56 Å². The molecule has 1 rings (SSSR count). The van der Waals surface area contributed by atoms with E-state index in [1.807, 2.05) is 20.8 Å². The van der Waals surface area contributed by atoms with Gasteiger partial charge in [0.25, 0.3) is 0 Å². The van der Waals surface area contributed by atoms with Crippen molar-refractivity contribution in [2.45, 2.75) is 44.8 Å². The highest BCUT2D eigenvalue weighted by molar-refractivity contribution is 5.41. The third-order valence-corrected chi connectivity index (χ3v) is 2.96. The van der Waals surface area contributed by atoms with Gasteiger partial charge in [-0.05, 0) is 35.1 Å². The molecular formula is C14H22O4. The summed E-state index contributed by atoms with van der Waals surface area (Å²) in [6.45, 7) is 5.70. The van der Waals surface area contributed by atoms with Crippen molar-refractivity contribution in [2.24, 2.45) is 0 Å². The molecule has 2 atom stereocenters. The highest BCUT2D eigenvalue weighted by atomic mass is 16.3. The zero-order chi connectivity index (χ0) is 13.9. The van der Waals surface area contributed by atoms with Crippen molar-refractivity contribution in [3.8, 4) is 5.75 Å². The first-order chi connectivity index (χ1) is 8.27. The molecule has 0 heterocycles. The van der Waals surface area contributed by atoms with E-state index < -0.39 is 12.2 Å². The van der Waals surface area contributed by atoms with Crippen molar-refractivity contribution in [3.05, 3.63) is 29.3 Å². The van der Waals surface area contributed by atoms with Crippen molar-refractivity contribution in [2.75, 3.05) is 6.61 Å². The quantitative estimate of drug-likeness (QED) is 0.656. The Hall–Kier alpha value is -1.10. The van der Waals surface area contributed by atoms with Crippen molar-refractivity contribution < 1.29 is 20.4 Å². The average Bonchev–Trinajstić information content (AvgIpc) is 2.27. The fourth-order valence-electron chi connectivity index (χ4n) is 1.85. The van der Waals surface area contributed by atoms with Crippen LogP contribution in [0, 0.1) is 0 Å². The van der Waals surface area contributed by atoms with Crippen molar-refractivity contribution in [3.63, 3.8) is 0 Å². The minimum Gasteiger partial charge on any atom is -0.508 e. The molecule has 0 spiro atoms. The number of phenolic OH excluding ortho intramolecular Hbond substituents is 1. The lowest BCUT2D eigenvalue weighted by atomic mass is 9.84. The van der Waals surface area contributed by atoms with E-state index in [4.69, 9.17) is 5.11 Å². The Morgan fingerprint density at radius 3 is 2.28 bits per heavy atom. The Morgan fingerprint density at radius 1 is 1.17 bits per heavy atom. The van der Waals surface area contributed by atoms with Gasteiger partial charge in [-0.1, -0.05) is 26.8 Å². The van der Waals surface area contributed by atoms with Crippen LogP contribution in [0.2, 0.25) is 0 Å². The lowest BCUT2D eigenvalue weighted by molar-refractivity contribution is 0.00412. The van der Waals surface area contributed by atoms with Crippen LogP contribution in [0.15, 0.2) is 18.2 Å². The van der Waals surface area contributed by atoms with Crippen molar-refractivity contribution in [1.82, 2.24) is 0 Å². The Balaban J connectivity index is 3.05. The maximum atomic E-state index is 9.96. The third-order valence-electron chi connectivity index (χ3n) is 2.96. The molecule has 1 aromatic carbocycles. The summed E-state index contributed by atoms with van der Waals surface area (Å²) in [7, 11) is 0. The van der Waals surface area contributed by atoms with Gasteiger partial charge in [-0.25, -0.2) is 0 Å². The van der Waals surface area contributed by atoms with Gasteiger partial charge in [-0.3, -0.25) is 0 Å². The first-order valence-corrected chi connectivity index (χ1v) is 6.07. The van der Waals surface area contributed by atoms with Gasteiger partial charge in [0, 0.05) is 6.61 Å². The predicted octanol–water partition coefficient (Wildman–Crippen LogP) is 1.47. The zero-order valence-corrected chi connectivity index (χ0v) is 11.1. The minimum atomic E-state index is -1.06. The van der Waals surface area contributed by atoms with Crippen LogP contribution in [-0.2, 0) is 5.41 Å². The van der Waals surface area contributed by atoms with Gasteiger partial charge in [0.05, 0.1) is 6.10 Å². The summed E-state index contributed by atoms with van der Waals surface area (Å²) < 4.78 is 0. The molecule has 0 amide bonds. The molecule has 0 aliphatic carbocycles. The van der Waals surface area contributed by atoms with Crippen LogP contribution in [0.1, 0.15) is 44.4 Å². The molecule has 4 N–H and O–H groups in total. The SMILES string of the molecule is CC(C)(C)c1cc(C(O)C(O)CCO)ccc1O. The molecule has 1 aromatic rings. The summed E-state index contributed by atoms with van der Waals surface area (Å²) in [5.41, 5.74) is 1.01. The second-order valence-electron chi connectivity index (χ2n) is 5.55. The molecular weight excluding hydrogens is 232 g/mol. The molecule has 0 aromatic heterocycles. The first kappa shape index (κ1) is 15.0. The van der Waals surface area contributed by atoms with Crippen molar-refractivity contribution >= 4 is 0 Å². The summed E-state index contributed by atoms with van der Waals surface area (Å²) in [5, 5.41) is 38.2. The van der Waals surface area contributed by atoms with Gasteiger partial charge in [0.15, 0.2) is 0 Å². The van der Waals surface area contributed by atoms with Crippen LogP contribution >= 0.6 is 0 Å². The van der Waals surface area contributed by atoms with Gasteiger partial charge >= 0.3 is 0 Å². The molecule has 18 heavy (non-hydrogen) atoms. The van der Waals surface area contributed by atoms with Crippen LogP contribution in [0.25, 0.3) is 0 Å². The number of aliphatic hydroxyl groups excluding tert-OH is 3. The monoisotopic (exact) mass is 254 g/mol. The molecule has 0 aliphatic rings. The number of aliphatic hydroxyl groups is 3. The van der Waals surface area contributed by atoms with E-state index in [2.05, 4.69) is 0 Å². The number of hydrogen-bond donors (Lipinski definition) is 4. The van der Waals surface area contributed by atoms with Crippen LogP contribution in [0.3, 0.4) is 0 Å². The number of benzene rings is 1. The topological polar surface area (TPSA) is 80.9 Å². The largest absolute Gasteiger partial charge is 0.508 e. The number of aromatic hydroxyl groups is 1. The van der Waals surface area contributed by atoms with Gasteiger partial charge in [0.1, 0.15) is 11.9 Å². The first-order valence-electron chi connectivity index (χ1n) is 6.07. The molecule has 4 heteroatoms. The summed E-state index contributed by atoms with van der Waals surface area (Å²) in [6.07, 6.45) is -1.95. The molecule has 4 nitrogen and oxygen atoms in total. The summed E-state index contributed by atoms with van der Waals surface area (Å²) in [6, 6.07) is 4.79. The highest BCUT2D eigenvalue weighted by Crippen LogP contribution is 2.33. The van der Waals surface area contributed by atoms with Crippen molar-refractivity contribution in [1.29, 1.82) is 0 Å². The molecule has 0 saturated heterocycles. The smallest absolute Gasteiger partial charge is 0.119 e. The Bertz CT molecular complexity index is 395. The van der Waals surface area contributed by atoms with Gasteiger partial charge in [-0.2, -0.15) is 0 Å². The number of rotatable bonds is 4. The highest BCUT2D eigenvalue weighted by Gasteiger charge is 2.23. The molecule has 0 saturated carbocycles. The summed E-state index contributed by atoms with van der Waals surface area (Å²) >= 11 is 0. The molecule has 102 valence electrons. The maximum Gasteiger partial charge on any atom is 0.119 e. The van der Waals surface area contributed by atoms with Crippen LogP contribution in [0.5, 0.6) is 5.75 Å². The van der Waals surface area contributed by atoms with E-state index >= 15 is 0 Å². The van der Waals surface area contributed by atoms with Gasteiger partial charge in [-0.15, -0.1) is 0 Å². The van der Waals surface area contributed by atoms with Gasteiger partial charge < -0.3 is 20.4 Å². The van der Waals surface area contributed by atoms with E-state index in [-0.39, 0.29) is 24.2 Å². The van der Waals surface area contributed by atoms with E-state index in [9.17, 15) is 15.3 Å². The zero-order valence-electron chi connectivity index (χ0n) is 11.1. The molecule has 2 unspecified atom stereocenters. The molecule has 0 radical (unpaired) electrons. The summed E-state index contributed by atoms with van der Waals surface area (Å²) in [4.78, 5) is 0. The van der Waals surface area contributed by atoms with Crippen LogP contribution in [0.4, 0.5) is 0 Å². The van der Waals surface area contributed by atoms with Crippen LogP contribution in [-0.4, -0.2) is 33.1 Å². The fourth-order valence-corrected chi connectivity index (χ4v) is 1.85. The predicted molar refractivity (Wildman–Crippen MR) is 69.5 cm³/mol. The van der Waals surface area contributed by atoms with Crippen LogP contribution < -0.4 is 0 Å². The third kappa shape index (κ3) is 3.45. The molecule has 0 bridgehead atoms. The van der Waals surface area contributed by atoms with E-state index in [0.29, 0.717) is 5.56 Å². The van der Waals surface area contributed by atoms with E-state index in [1.54, 1.807) is 12.1 Å². The second-order valence-corrected chi connectivity index (χ2v) is 5.55. The van der Waals surface area contributed by atoms with Gasteiger partial charge in [0.2, 0.25) is 0 Å². The number of hydrogen-bond acceptors (Lipinski definition) is 4. The van der Waals surface area contributed by atoms with E-state index in [1.165, 1.54) is 6.07 Å². The summed E-state index contributed by atoms with van der Waals surface area (Å²) in [5.74, 6) is 0.176. The molecule has 0 fully saturated rings. The second kappa shape index (κ2) is 5.69. The Morgan fingerprint density at radius 2 is 1.78 bits per heavy atom. The number of phenols is 1. The fraction of sp³-hybridized carbons (Fsp3) is 0.571. The minimum absolute atomic E-state index is 0.118. The lowest BCUT2D eigenvalue weighted by Crippen LogP contribution is -2.20. The Kier molecular flexibility index (Phi) is 4.73. The normalized spacial score (nSPS) is 15.4. The maximum absolute atomic E-state index is 9.96. The molecule has 0 aliphatic heterocycles. The average molecular weight is 254 g/mol. The standard InChI is InChI=1S/C14H22O4/c1-14(2,3)10-8-9(4-5-11(10)16)13(18)12(17)6-7-15/h4-5,8,12-13,15-18H,6-7H2,1-3H3. The Labute approximate surface area is 108 Å².